The number of rotatable bonds is 3. The fourth-order valence-corrected chi connectivity index (χ4v) is 1.58. The lowest BCUT2D eigenvalue weighted by Gasteiger charge is -2.15. The normalized spacial score (nSPS) is 9.95. The van der Waals surface area contributed by atoms with Gasteiger partial charge in [-0.3, -0.25) is 10.6 Å². The Hall–Kier alpha value is -2.24. The molecule has 0 aliphatic carbocycles. The summed E-state index contributed by atoms with van der Waals surface area (Å²) in [4.78, 5) is 22.4. The maximum Gasteiger partial charge on any atom is 0.411 e. The molecule has 0 atom stereocenters. The van der Waals surface area contributed by atoms with Crippen molar-refractivity contribution in [2.45, 2.75) is 19.8 Å². The summed E-state index contributed by atoms with van der Waals surface area (Å²) < 4.78 is 9.08. The van der Waals surface area contributed by atoms with Crippen LogP contribution in [-0.2, 0) is 9.47 Å². The summed E-state index contributed by atoms with van der Waals surface area (Å²) >= 11 is 0. The van der Waals surface area contributed by atoms with E-state index in [4.69, 9.17) is 0 Å². The third-order valence-corrected chi connectivity index (χ3v) is 2.53. The Balaban J connectivity index is 3.03. The summed E-state index contributed by atoms with van der Waals surface area (Å²) in [5.41, 5.74) is 2.07. The van der Waals surface area contributed by atoms with E-state index in [1.807, 2.05) is 19.9 Å². The maximum absolute atomic E-state index is 11.3. The Morgan fingerprint density at radius 1 is 1.05 bits per heavy atom. The molecule has 0 saturated carbocycles. The first kappa shape index (κ1) is 14.8. The minimum absolute atomic E-state index is 0.222. The number of methoxy groups -OCH3 is 2. The second-order valence-corrected chi connectivity index (χ2v) is 4.19. The van der Waals surface area contributed by atoms with Crippen molar-refractivity contribution < 1.29 is 19.1 Å². The van der Waals surface area contributed by atoms with Gasteiger partial charge in [0, 0.05) is 11.4 Å². The molecule has 19 heavy (non-hydrogen) atoms. The Morgan fingerprint density at radius 3 is 2.16 bits per heavy atom. The summed E-state index contributed by atoms with van der Waals surface area (Å²) in [7, 11) is 2.58. The summed E-state index contributed by atoms with van der Waals surface area (Å²) in [6.45, 7) is 4.01. The van der Waals surface area contributed by atoms with Crippen LogP contribution in [0.2, 0.25) is 0 Å². The molecule has 0 fully saturated rings. The number of amides is 2. The number of carbonyl (C=O) groups excluding carboxylic acids is 2. The Bertz CT molecular complexity index is 472. The van der Waals surface area contributed by atoms with Crippen LogP contribution in [-0.4, -0.2) is 26.4 Å². The highest BCUT2D eigenvalue weighted by molar-refractivity contribution is 5.89. The fourth-order valence-electron chi connectivity index (χ4n) is 1.58. The van der Waals surface area contributed by atoms with Gasteiger partial charge in [-0.25, -0.2) is 9.59 Å². The van der Waals surface area contributed by atoms with Gasteiger partial charge in [0.15, 0.2) is 0 Å². The first-order chi connectivity index (χ1) is 8.97. The summed E-state index contributed by atoms with van der Waals surface area (Å²) in [6.07, 6.45) is -1.13. The van der Waals surface area contributed by atoms with E-state index in [9.17, 15) is 9.59 Å². The topological polar surface area (TPSA) is 76.7 Å². The molecular weight excluding hydrogens is 248 g/mol. The summed E-state index contributed by atoms with van der Waals surface area (Å²) in [5, 5.41) is 5.16. The monoisotopic (exact) mass is 266 g/mol. The van der Waals surface area contributed by atoms with Crippen molar-refractivity contribution in [1.82, 2.24) is 0 Å². The van der Waals surface area contributed by atoms with Crippen LogP contribution >= 0.6 is 0 Å². The smallest absolute Gasteiger partial charge is 0.411 e. The molecule has 0 aliphatic heterocycles. The van der Waals surface area contributed by atoms with Crippen LogP contribution in [0.3, 0.4) is 0 Å². The number of hydrogen-bond donors (Lipinski definition) is 2. The molecule has 1 aromatic rings. The van der Waals surface area contributed by atoms with Crippen LogP contribution in [0.1, 0.15) is 25.3 Å². The molecule has 104 valence electrons. The highest BCUT2D eigenvalue weighted by Crippen LogP contribution is 2.27. The molecule has 0 spiro atoms. The van der Waals surface area contributed by atoms with Crippen molar-refractivity contribution >= 4 is 23.6 Å². The zero-order valence-electron chi connectivity index (χ0n) is 11.4. The van der Waals surface area contributed by atoms with E-state index in [1.54, 1.807) is 12.1 Å². The van der Waals surface area contributed by atoms with E-state index in [0.29, 0.717) is 11.4 Å². The zero-order chi connectivity index (χ0) is 14.4. The molecule has 6 heteroatoms. The number of carbonyl (C=O) groups is 2. The minimum Gasteiger partial charge on any atom is -0.453 e. The first-order valence-electron chi connectivity index (χ1n) is 5.81. The van der Waals surface area contributed by atoms with E-state index >= 15 is 0 Å². The van der Waals surface area contributed by atoms with Crippen molar-refractivity contribution in [2.75, 3.05) is 24.9 Å². The Labute approximate surface area is 112 Å². The molecule has 0 aromatic heterocycles. The first-order valence-corrected chi connectivity index (χ1v) is 5.81. The average molecular weight is 266 g/mol. The van der Waals surface area contributed by atoms with Crippen molar-refractivity contribution in [3.8, 4) is 0 Å². The quantitative estimate of drug-likeness (QED) is 0.881. The molecule has 1 aromatic carbocycles. The molecule has 2 amide bonds. The van der Waals surface area contributed by atoms with Crippen LogP contribution < -0.4 is 10.6 Å². The van der Waals surface area contributed by atoms with Crippen molar-refractivity contribution in [1.29, 1.82) is 0 Å². The van der Waals surface area contributed by atoms with Crippen molar-refractivity contribution in [3.05, 3.63) is 23.8 Å². The number of nitrogens with one attached hydrogen (secondary N) is 2. The van der Waals surface area contributed by atoms with Crippen molar-refractivity contribution in [2.24, 2.45) is 0 Å². The van der Waals surface area contributed by atoms with Gasteiger partial charge in [0.25, 0.3) is 0 Å². The van der Waals surface area contributed by atoms with Gasteiger partial charge in [-0.1, -0.05) is 19.9 Å². The SMILES string of the molecule is COC(=O)Nc1ccc(C(C)C)c(NC(=O)OC)c1. The van der Waals surface area contributed by atoms with Crippen LogP contribution in [0.5, 0.6) is 0 Å². The molecule has 0 aliphatic rings. The lowest BCUT2D eigenvalue weighted by atomic mass is 10.0. The third-order valence-electron chi connectivity index (χ3n) is 2.53. The second kappa shape index (κ2) is 6.63. The lowest BCUT2D eigenvalue weighted by Crippen LogP contribution is -2.15. The van der Waals surface area contributed by atoms with Gasteiger partial charge < -0.3 is 9.47 Å². The molecule has 0 radical (unpaired) electrons. The van der Waals surface area contributed by atoms with Gasteiger partial charge >= 0.3 is 12.2 Å². The van der Waals surface area contributed by atoms with Gasteiger partial charge in [-0.05, 0) is 23.6 Å². The molecular formula is C13H18N2O4. The highest BCUT2D eigenvalue weighted by Gasteiger charge is 2.11. The zero-order valence-corrected chi connectivity index (χ0v) is 11.4. The number of hydrogen-bond acceptors (Lipinski definition) is 4. The maximum atomic E-state index is 11.3. The molecule has 0 heterocycles. The number of benzene rings is 1. The van der Waals surface area contributed by atoms with Gasteiger partial charge in [0.2, 0.25) is 0 Å². The lowest BCUT2D eigenvalue weighted by molar-refractivity contribution is 0.186. The van der Waals surface area contributed by atoms with E-state index < -0.39 is 12.2 Å². The fraction of sp³-hybridized carbons (Fsp3) is 0.385. The molecule has 0 bridgehead atoms. The number of ether oxygens (including phenoxy) is 2. The Morgan fingerprint density at radius 2 is 1.63 bits per heavy atom. The van der Waals surface area contributed by atoms with Crippen LogP contribution in [0.15, 0.2) is 18.2 Å². The van der Waals surface area contributed by atoms with Gasteiger partial charge in [0.1, 0.15) is 0 Å². The number of anilines is 2. The van der Waals surface area contributed by atoms with Gasteiger partial charge in [0.05, 0.1) is 14.2 Å². The summed E-state index contributed by atoms with van der Waals surface area (Å²) in [6, 6.07) is 5.24. The van der Waals surface area contributed by atoms with E-state index in [-0.39, 0.29) is 5.92 Å². The minimum atomic E-state index is -0.568. The van der Waals surface area contributed by atoms with Crippen LogP contribution in [0, 0.1) is 0 Å². The molecule has 6 nitrogen and oxygen atoms in total. The highest BCUT2D eigenvalue weighted by atomic mass is 16.5. The average Bonchev–Trinajstić information content (AvgIpc) is 2.38. The van der Waals surface area contributed by atoms with Gasteiger partial charge in [-0.15, -0.1) is 0 Å². The van der Waals surface area contributed by atoms with Crippen LogP contribution in [0.4, 0.5) is 21.0 Å². The third kappa shape index (κ3) is 4.17. The van der Waals surface area contributed by atoms with E-state index in [0.717, 1.165) is 5.56 Å². The largest absolute Gasteiger partial charge is 0.453 e. The second-order valence-electron chi connectivity index (χ2n) is 4.19. The molecule has 1 rings (SSSR count). The van der Waals surface area contributed by atoms with E-state index in [1.165, 1.54) is 14.2 Å². The molecule has 0 saturated heterocycles. The Kier molecular flexibility index (Phi) is 5.17. The van der Waals surface area contributed by atoms with Crippen LogP contribution in [0.25, 0.3) is 0 Å². The van der Waals surface area contributed by atoms with Gasteiger partial charge in [-0.2, -0.15) is 0 Å². The summed E-state index contributed by atoms with van der Waals surface area (Å²) in [5.74, 6) is 0.222. The van der Waals surface area contributed by atoms with E-state index in [2.05, 4.69) is 20.1 Å². The molecule has 2 N–H and O–H groups in total. The standard InChI is InChI=1S/C13H18N2O4/c1-8(2)10-6-5-9(14-12(16)18-3)7-11(10)15-13(17)19-4/h5-8H,1-4H3,(H,14,16)(H,15,17). The molecule has 0 unspecified atom stereocenters. The van der Waals surface area contributed by atoms with Crippen molar-refractivity contribution in [3.63, 3.8) is 0 Å². The predicted molar refractivity (Wildman–Crippen MR) is 72.6 cm³/mol. The predicted octanol–water partition coefficient (Wildman–Crippen LogP) is 3.17.